The third-order valence-corrected chi connectivity index (χ3v) is 2.82. The van der Waals surface area contributed by atoms with Crippen molar-refractivity contribution in [2.24, 2.45) is 10.9 Å². The summed E-state index contributed by atoms with van der Waals surface area (Å²) in [7, 11) is 0. The van der Waals surface area contributed by atoms with Gasteiger partial charge < -0.3 is 15.3 Å². The zero-order chi connectivity index (χ0) is 16.8. The third kappa shape index (κ3) is 4.50. The Labute approximate surface area is 131 Å². The Balaban J connectivity index is 1.94. The van der Waals surface area contributed by atoms with E-state index in [0.29, 0.717) is 5.75 Å². The van der Waals surface area contributed by atoms with Crippen LogP contribution >= 0.6 is 0 Å². The summed E-state index contributed by atoms with van der Waals surface area (Å²) >= 11 is 0. The number of benzene rings is 2. The Hall–Kier alpha value is -2.96. The summed E-state index contributed by atoms with van der Waals surface area (Å²) in [6.07, 6.45) is 0. The summed E-state index contributed by atoms with van der Waals surface area (Å²) in [4.78, 5) is 16.0. The zero-order valence-corrected chi connectivity index (χ0v) is 12.3. The van der Waals surface area contributed by atoms with E-state index in [1.165, 1.54) is 0 Å². The zero-order valence-electron chi connectivity index (χ0n) is 12.3. The Kier molecular flexibility index (Phi) is 5.24. The highest BCUT2D eigenvalue weighted by Gasteiger charge is 2.18. The van der Waals surface area contributed by atoms with Crippen LogP contribution in [0.3, 0.4) is 0 Å². The summed E-state index contributed by atoms with van der Waals surface area (Å²) in [5.74, 6) is -2.96. The number of carbonyl (C=O) groups excluding carboxylic acids is 1. The van der Waals surface area contributed by atoms with E-state index in [9.17, 15) is 13.6 Å². The molecule has 23 heavy (non-hydrogen) atoms. The van der Waals surface area contributed by atoms with Crippen LogP contribution in [0.5, 0.6) is 5.75 Å². The number of carbonyl (C=O) groups is 1. The molecule has 0 aromatic heterocycles. The largest absolute Gasteiger partial charge is 0.486 e. The molecule has 0 spiro atoms. The summed E-state index contributed by atoms with van der Waals surface area (Å²) in [5.41, 5.74) is 5.75. The molecule has 2 aromatic carbocycles. The molecule has 0 aliphatic rings. The summed E-state index contributed by atoms with van der Waals surface area (Å²) in [6.45, 7) is 1.79. The molecule has 5 nitrogen and oxygen atoms in total. The van der Waals surface area contributed by atoms with Crippen LogP contribution in [0.15, 0.2) is 47.6 Å². The molecule has 0 fully saturated rings. The summed E-state index contributed by atoms with van der Waals surface area (Å²) < 4.78 is 32.1. The van der Waals surface area contributed by atoms with Crippen LogP contribution < -0.4 is 10.5 Å². The molecule has 2 N–H and O–H groups in total. The van der Waals surface area contributed by atoms with Crippen molar-refractivity contribution in [2.75, 3.05) is 6.61 Å². The number of rotatable bonds is 5. The predicted octanol–water partition coefficient (Wildman–Crippen LogP) is 2.78. The van der Waals surface area contributed by atoms with Crippen molar-refractivity contribution in [3.63, 3.8) is 0 Å². The van der Waals surface area contributed by atoms with Crippen molar-refractivity contribution in [3.8, 4) is 5.75 Å². The Morgan fingerprint density at radius 2 is 1.74 bits per heavy atom. The van der Waals surface area contributed by atoms with E-state index in [1.807, 2.05) is 19.1 Å². The van der Waals surface area contributed by atoms with E-state index in [0.717, 1.165) is 23.8 Å². The lowest BCUT2D eigenvalue weighted by Crippen LogP contribution is -2.22. The number of amidine groups is 1. The van der Waals surface area contributed by atoms with Crippen LogP contribution in [0, 0.1) is 18.6 Å². The van der Waals surface area contributed by atoms with Crippen LogP contribution in [-0.4, -0.2) is 18.4 Å². The van der Waals surface area contributed by atoms with E-state index < -0.39 is 23.2 Å². The first-order valence-electron chi connectivity index (χ1n) is 6.64. The van der Waals surface area contributed by atoms with Gasteiger partial charge in [0.15, 0.2) is 5.84 Å². The minimum Gasteiger partial charge on any atom is -0.486 e. The molecular weight excluding hydrogens is 306 g/mol. The number of ether oxygens (including phenoxy) is 1. The van der Waals surface area contributed by atoms with Gasteiger partial charge in [0, 0.05) is 0 Å². The molecule has 0 amide bonds. The first-order valence-corrected chi connectivity index (χ1v) is 6.64. The van der Waals surface area contributed by atoms with Gasteiger partial charge in [0.25, 0.3) is 0 Å². The van der Waals surface area contributed by atoms with E-state index in [4.69, 9.17) is 10.5 Å². The second kappa shape index (κ2) is 7.35. The number of hydrogen-bond acceptors (Lipinski definition) is 4. The monoisotopic (exact) mass is 320 g/mol. The van der Waals surface area contributed by atoms with E-state index in [-0.39, 0.29) is 12.4 Å². The molecule has 7 heteroatoms. The third-order valence-electron chi connectivity index (χ3n) is 2.82. The second-order valence-corrected chi connectivity index (χ2v) is 4.66. The van der Waals surface area contributed by atoms with Crippen molar-refractivity contribution in [3.05, 3.63) is 65.2 Å². The number of nitrogens with two attached hydrogens (primary N) is 1. The topological polar surface area (TPSA) is 73.9 Å². The molecule has 0 unspecified atom stereocenters. The molecule has 2 aromatic rings. The van der Waals surface area contributed by atoms with Gasteiger partial charge in [-0.2, -0.15) is 0 Å². The summed E-state index contributed by atoms with van der Waals surface area (Å²) in [5, 5.41) is 3.30. The number of aryl methyl sites for hydroxylation is 1. The Morgan fingerprint density at radius 3 is 2.35 bits per heavy atom. The fourth-order valence-corrected chi connectivity index (χ4v) is 1.66. The van der Waals surface area contributed by atoms with Gasteiger partial charge in [0.05, 0.1) is 0 Å². The second-order valence-electron chi connectivity index (χ2n) is 4.66. The predicted molar refractivity (Wildman–Crippen MR) is 80.1 cm³/mol. The lowest BCUT2D eigenvalue weighted by molar-refractivity contribution is 0.0502. The smallest absolute Gasteiger partial charge is 0.371 e. The first-order chi connectivity index (χ1) is 11.0. The normalized spacial score (nSPS) is 11.2. The molecule has 0 bridgehead atoms. The molecule has 2 rings (SSSR count). The Bertz CT molecular complexity index is 710. The lowest BCUT2D eigenvalue weighted by atomic mass is 10.2. The van der Waals surface area contributed by atoms with Crippen LogP contribution in [0.25, 0.3) is 0 Å². The van der Waals surface area contributed by atoms with Gasteiger partial charge >= 0.3 is 5.97 Å². The van der Waals surface area contributed by atoms with Gasteiger partial charge in [0.2, 0.25) is 0 Å². The van der Waals surface area contributed by atoms with Gasteiger partial charge in [-0.3, -0.25) is 0 Å². The van der Waals surface area contributed by atoms with Crippen molar-refractivity contribution >= 4 is 11.8 Å². The molecule has 0 saturated carbocycles. The molecule has 0 aliphatic heterocycles. The SMILES string of the molecule is Cc1ccc(OC/C(N)=N/OC(=O)c2c(F)cccc2F)cc1. The van der Waals surface area contributed by atoms with Gasteiger partial charge in [-0.25, -0.2) is 13.6 Å². The molecular formula is C16H14F2N2O3. The Morgan fingerprint density at radius 1 is 1.13 bits per heavy atom. The highest BCUT2D eigenvalue weighted by Crippen LogP contribution is 2.13. The number of halogens is 2. The van der Waals surface area contributed by atoms with Crippen LogP contribution in [0.1, 0.15) is 15.9 Å². The van der Waals surface area contributed by atoms with E-state index >= 15 is 0 Å². The van der Waals surface area contributed by atoms with E-state index in [2.05, 4.69) is 9.99 Å². The highest BCUT2D eigenvalue weighted by atomic mass is 19.1. The first kappa shape index (κ1) is 16.4. The van der Waals surface area contributed by atoms with Crippen molar-refractivity contribution in [2.45, 2.75) is 6.92 Å². The summed E-state index contributed by atoms with van der Waals surface area (Å²) in [6, 6.07) is 10.2. The standard InChI is InChI=1S/C16H14F2N2O3/c1-10-5-7-11(8-6-10)22-9-14(19)20-23-16(21)15-12(17)3-2-4-13(15)18/h2-8H,9H2,1H3,(H2,19,20). The average Bonchev–Trinajstić information content (AvgIpc) is 2.52. The maximum Gasteiger partial charge on any atom is 0.371 e. The van der Waals surface area contributed by atoms with Crippen molar-refractivity contribution in [1.82, 2.24) is 0 Å². The maximum atomic E-state index is 13.4. The molecule has 0 aliphatic carbocycles. The lowest BCUT2D eigenvalue weighted by Gasteiger charge is -2.06. The molecule has 0 radical (unpaired) electrons. The minimum atomic E-state index is -1.28. The van der Waals surface area contributed by atoms with Crippen molar-refractivity contribution in [1.29, 1.82) is 0 Å². The number of oxime groups is 1. The van der Waals surface area contributed by atoms with Crippen LogP contribution in [-0.2, 0) is 4.84 Å². The van der Waals surface area contributed by atoms with Gasteiger partial charge in [-0.1, -0.05) is 28.9 Å². The minimum absolute atomic E-state index is 0.143. The fraction of sp³-hybridized carbons (Fsp3) is 0.125. The van der Waals surface area contributed by atoms with Crippen molar-refractivity contribution < 1.29 is 23.1 Å². The molecule has 0 heterocycles. The van der Waals surface area contributed by atoms with Gasteiger partial charge in [-0.05, 0) is 31.2 Å². The van der Waals surface area contributed by atoms with E-state index in [1.54, 1.807) is 12.1 Å². The highest BCUT2D eigenvalue weighted by molar-refractivity contribution is 5.91. The number of hydrogen-bond donors (Lipinski definition) is 1. The van der Waals surface area contributed by atoms with Gasteiger partial charge in [-0.15, -0.1) is 0 Å². The van der Waals surface area contributed by atoms with Crippen LogP contribution in [0.4, 0.5) is 8.78 Å². The molecule has 120 valence electrons. The molecule has 0 saturated heterocycles. The van der Waals surface area contributed by atoms with Gasteiger partial charge in [0.1, 0.15) is 29.6 Å². The quantitative estimate of drug-likeness (QED) is 0.398. The number of nitrogens with zero attached hydrogens (tertiary/aromatic N) is 1. The molecule has 0 atom stereocenters. The fourth-order valence-electron chi connectivity index (χ4n) is 1.66. The average molecular weight is 320 g/mol. The maximum absolute atomic E-state index is 13.4. The van der Waals surface area contributed by atoms with Crippen LogP contribution in [0.2, 0.25) is 0 Å².